The van der Waals surface area contributed by atoms with Crippen molar-refractivity contribution in [2.75, 3.05) is 5.73 Å². The van der Waals surface area contributed by atoms with E-state index >= 15 is 0 Å². The van der Waals surface area contributed by atoms with Crippen molar-refractivity contribution in [3.8, 4) is 0 Å². The van der Waals surface area contributed by atoms with Crippen LogP contribution in [-0.2, 0) is 13.6 Å². The van der Waals surface area contributed by atoms with Gasteiger partial charge in [0.1, 0.15) is 11.8 Å². The van der Waals surface area contributed by atoms with Gasteiger partial charge in [-0.3, -0.25) is 9.13 Å². The lowest BCUT2D eigenvalue weighted by Gasteiger charge is -2.04. The third kappa shape index (κ3) is 1.77. The number of nitrogens with two attached hydrogens (primary N) is 1. The fourth-order valence-electron chi connectivity index (χ4n) is 2.17. The summed E-state index contributed by atoms with van der Waals surface area (Å²) in [6.45, 7) is 0.453. The fraction of sp³-hybridized carbons (Fsp3) is 0.154. The smallest absolute Gasteiger partial charge is 0.330 e. The van der Waals surface area contributed by atoms with Gasteiger partial charge in [-0.05, 0) is 5.56 Å². The van der Waals surface area contributed by atoms with E-state index in [2.05, 4.69) is 9.97 Å². The molecule has 0 radical (unpaired) electrons. The quantitative estimate of drug-likeness (QED) is 0.733. The van der Waals surface area contributed by atoms with Crippen molar-refractivity contribution in [2.45, 2.75) is 6.54 Å². The minimum Gasteiger partial charge on any atom is -0.382 e. The summed E-state index contributed by atoms with van der Waals surface area (Å²) in [5, 5.41) is 0. The van der Waals surface area contributed by atoms with Gasteiger partial charge in [0.2, 0.25) is 0 Å². The average molecular weight is 255 g/mol. The van der Waals surface area contributed by atoms with Gasteiger partial charge in [-0.2, -0.15) is 0 Å². The first-order chi connectivity index (χ1) is 9.18. The Kier molecular flexibility index (Phi) is 2.56. The molecule has 0 unspecified atom stereocenters. The second-order valence-corrected chi connectivity index (χ2v) is 4.34. The zero-order chi connectivity index (χ0) is 13.4. The Balaban J connectivity index is 2.24. The van der Waals surface area contributed by atoms with Gasteiger partial charge in [-0.15, -0.1) is 0 Å². The van der Waals surface area contributed by atoms with Crippen LogP contribution < -0.4 is 11.4 Å². The second kappa shape index (κ2) is 4.24. The molecule has 0 atom stereocenters. The number of nitrogen functional groups attached to an aromatic ring is 1. The number of hydrogen-bond acceptors (Lipinski definition) is 4. The Morgan fingerprint density at radius 1 is 1.21 bits per heavy atom. The molecule has 1 aromatic carbocycles. The first-order valence-electron chi connectivity index (χ1n) is 5.88. The van der Waals surface area contributed by atoms with Crippen molar-refractivity contribution >= 4 is 17.0 Å². The molecule has 3 rings (SSSR count). The number of nitrogens with zero attached hydrogens (tertiary/aromatic N) is 4. The summed E-state index contributed by atoms with van der Waals surface area (Å²) in [6.07, 6.45) is 1.37. The Morgan fingerprint density at radius 3 is 2.68 bits per heavy atom. The highest BCUT2D eigenvalue weighted by Gasteiger charge is 2.14. The van der Waals surface area contributed by atoms with Gasteiger partial charge in [-0.1, -0.05) is 30.3 Å². The van der Waals surface area contributed by atoms with Crippen molar-refractivity contribution in [1.82, 2.24) is 19.1 Å². The van der Waals surface area contributed by atoms with Gasteiger partial charge < -0.3 is 5.73 Å². The highest BCUT2D eigenvalue weighted by molar-refractivity contribution is 5.82. The monoisotopic (exact) mass is 255 g/mol. The number of aromatic nitrogens is 4. The van der Waals surface area contributed by atoms with Crippen LogP contribution >= 0.6 is 0 Å². The van der Waals surface area contributed by atoms with E-state index in [1.54, 1.807) is 11.6 Å². The first-order valence-corrected chi connectivity index (χ1v) is 5.88. The zero-order valence-corrected chi connectivity index (χ0v) is 10.4. The summed E-state index contributed by atoms with van der Waals surface area (Å²) in [7, 11) is 1.68. The summed E-state index contributed by atoms with van der Waals surface area (Å²) >= 11 is 0. The maximum absolute atomic E-state index is 12.2. The Labute approximate surface area is 109 Å². The van der Waals surface area contributed by atoms with E-state index in [1.807, 2.05) is 30.3 Å². The number of imidazole rings is 1. The van der Waals surface area contributed by atoms with Gasteiger partial charge >= 0.3 is 5.69 Å². The summed E-state index contributed by atoms with van der Waals surface area (Å²) < 4.78 is 3.08. The Morgan fingerprint density at radius 2 is 1.95 bits per heavy atom. The molecule has 19 heavy (non-hydrogen) atoms. The normalized spacial score (nSPS) is 11.0. The maximum atomic E-state index is 12.2. The molecule has 0 aliphatic carbocycles. The van der Waals surface area contributed by atoms with E-state index in [0.29, 0.717) is 23.5 Å². The molecule has 6 heteroatoms. The maximum Gasteiger partial charge on any atom is 0.330 e. The van der Waals surface area contributed by atoms with E-state index in [9.17, 15) is 4.79 Å². The van der Waals surface area contributed by atoms with Crippen LogP contribution in [0, 0.1) is 0 Å². The van der Waals surface area contributed by atoms with Crippen LogP contribution in [0.5, 0.6) is 0 Å². The van der Waals surface area contributed by atoms with Crippen LogP contribution in [0.4, 0.5) is 5.82 Å². The number of hydrogen-bond donors (Lipinski definition) is 1. The molecule has 2 aromatic heterocycles. The van der Waals surface area contributed by atoms with E-state index < -0.39 is 0 Å². The lowest BCUT2D eigenvalue weighted by atomic mass is 10.2. The molecule has 0 saturated carbocycles. The summed E-state index contributed by atoms with van der Waals surface area (Å²) in [6, 6.07) is 9.74. The third-order valence-electron chi connectivity index (χ3n) is 3.12. The third-order valence-corrected chi connectivity index (χ3v) is 3.12. The molecule has 96 valence electrons. The Bertz CT molecular complexity index is 788. The molecule has 0 spiro atoms. The van der Waals surface area contributed by atoms with Gasteiger partial charge in [0.15, 0.2) is 11.5 Å². The molecule has 0 aliphatic rings. The summed E-state index contributed by atoms with van der Waals surface area (Å²) in [5.74, 6) is 0.318. The topological polar surface area (TPSA) is 78.7 Å². The van der Waals surface area contributed by atoms with Crippen LogP contribution in [0.15, 0.2) is 41.5 Å². The molecule has 0 bridgehead atoms. The van der Waals surface area contributed by atoms with Gasteiger partial charge in [-0.25, -0.2) is 14.8 Å². The molecular formula is C13H13N5O. The van der Waals surface area contributed by atoms with Crippen molar-refractivity contribution in [2.24, 2.45) is 7.05 Å². The highest BCUT2D eigenvalue weighted by atomic mass is 16.1. The predicted octanol–water partition coefficient (Wildman–Crippen LogP) is 0.760. The number of anilines is 1. The van der Waals surface area contributed by atoms with Gasteiger partial charge in [0.05, 0.1) is 6.54 Å². The molecule has 6 nitrogen and oxygen atoms in total. The lowest BCUT2D eigenvalue weighted by molar-refractivity contribution is 0.735. The largest absolute Gasteiger partial charge is 0.382 e. The molecule has 0 saturated heterocycles. The molecule has 2 heterocycles. The van der Waals surface area contributed by atoms with E-state index in [-0.39, 0.29) is 5.69 Å². The Hall–Kier alpha value is -2.63. The molecule has 3 aromatic rings. The molecule has 0 amide bonds. The number of aryl methyl sites for hydroxylation is 1. The van der Waals surface area contributed by atoms with Crippen LogP contribution in [0.25, 0.3) is 11.2 Å². The SMILES string of the molecule is Cn1c(=O)n(Cc2ccccc2)c2c(N)ncnc21. The molecule has 0 fully saturated rings. The second-order valence-electron chi connectivity index (χ2n) is 4.34. The van der Waals surface area contributed by atoms with Crippen molar-refractivity contribution in [1.29, 1.82) is 0 Å². The minimum atomic E-state index is -0.147. The van der Waals surface area contributed by atoms with E-state index in [4.69, 9.17) is 5.73 Å². The van der Waals surface area contributed by atoms with Crippen LogP contribution in [-0.4, -0.2) is 19.1 Å². The molecule has 0 aliphatic heterocycles. The summed E-state index contributed by atoms with van der Waals surface area (Å²) in [5.41, 5.74) is 7.88. The van der Waals surface area contributed by atoms with Crippen LogP contribution in [0.2, 0.25) is 0 Å². The fourth-order valence-corrected chi connectivity index (χ4v) is 2.17. The van der Waals surface area contributed by atoms with Crippen molar-refractivity contribution < 1.29 is 0 Å². The molecular weight excluding hydrogens is 242 g/mol. The predicted molar refractivity (Wildman–Crippen MR) is 72.7 cm³/mol. The van der Waals surface area contributed by atoms with Crippen molar-refractivity contribution in [3.63, 3.8) is 0 Å². The standard InChI is InChI=1S/C13H13N5O/c1-17-12-10(11(14)15-8-16-12)18(13(17)19)7-9-5-3-2-4-6-9/h2-6,8H,7H2,1H3,(H2,14,15,16). The van der Waals surface area contributed by atoms with Crippen LogP contribution in [0.1, 0.15) is 5.56 Å². The van der Waals surface area contributed by atoms with E-state index in [1.165, 1.54) is 10.9 Å². The zero-order valence-electron chi connectivity index (χ0n) is 10.4. The number of fused-ring (bicyclic) bond motifs is 1. The molecule has 2 N–H and O–H groups in total. The van der Waals surface area contributed by atoms with Crippen LogP contribution in [0.3, 0.4) is 0 Å². The first kappa shape index (κ1) is 11.5. The van der Waals surface area contributed by atoms with Gasteiger partial charge in [0, 0.05) is 7.05 Å². The lowest BCUT2D eigenvalue weighted by Crippen LogP contribution is -2.22. The van der Waals surface area contributed by atoms with Crippen molar-refractivity contribution in [3.05, 3.63) is 52.7 Å². The number of rotatable bonds is 2. The number of benzene rings is 1. The average Bonchev–Trinajstić information content (AvgIpc) is 2.67. The summed E-state index contributed by atoms with van der Waals surface area (Å²) in [4.78, 5) is 20.3. The van der Waals surface area contributed by atoms with Gasteiger partial charge in [0.25, 0.3) is 0 Å². The minimum absolute atomic E-state index is 0.147. The highest BCUT2D eigenvalue weighted by Crippen LogP contribution is 2.15. The van der Waals surface area contributed by atoms with E-state index in [0.717, 1.165) is 5.56 Å².